The number of hydrogen-bond donors (Lipinski definition) is 0. The first-order valence-corrected chi connectivity index (χ1v) is 9.42. The number of rotatable bonds is 8. The summed E-state index contributed by atoms with van der Waals surface area (Å²) in [5, 5.41) is 0. The average molecular weight is 338 g/mol. The molecular weight excluding hydrogens is 309 g/mol. The fraction of sp³-hybridized carbons (Fsp3) is 0.619. The lowest BCUT2D eigenvalue weighted by molar-refractivity contribution is 0.301. The zero-order valence-electron chi connectivity index (χ0n) is 14.7. The van der Waals surface area contributed by atoms with Gasteiger partial charge in [0.25, 0.3) is 6.08 Å². The Morgan fingerprint density at radius 2 is 1.75 bits per heavy atom. The van der Waals surface area contributed by atoms with Crippen molar-refractivity contribution in [2.24, 2.45) is 5.92 Å². The monoisotopic (exact) mass is 338 g/mol. The van der Waals surface area contributed by atoms with Crippen molar-refractivity contribution in [1.29, 1.82) is 0 Å². The van der Waals surface area contributed by atoms with Gasteiger partial charge >= 0.3 is 0 Å². The number of hydrogen-bond acceptors (Lipinski definition) is 0. The molecule has 24 heavy (non-hydrogen) atoms. The summed E-state index contributed by atoms with van der Waals surface area (Å²) >= 11 is 0. The van der Waals surface area contributed by atoms with Crippen LogP contribution in [-0.2, 0) is 0 Å². The number of halogens is 3. The van der Waals surface area contributed by atoms with Crippen LogP contribution in [0.15, 0.2) is 24.3 Å². The van der Waals surface area contributed by atoms with Crippen molar-refractivity contribution in [3.8, 4) is 0 Å². The van der Waals surface area contributed by atoms with Crippen molar-refractivity contribution in [2.45, 2.75) is 77.0 Å². The summed E-state index contributed by atoms with van der Waals surface area (Å²) in [5.74, 6) is 0.651. The molecule has 134 valence electrons. The molecule has 0 spiro atoms. The van der Waals surface area contributed by atoms with Crippen LogP contribution in [0, 0.1) is 11.7 Å². The Bertz CT molecular complexity index is 524. The van der Waals surface area contributed by atoms with Crippen LogP contribution in [0.25, 0.3) is 6.08 Å². The molecule has 1 aromatic carbocycles. The molecule has 0 bridgehead atoms. The minimum atomic E-state index is -1.86. The van der Waals surface area contributed by atoms with Crippen molar-refractivity contribution >= 4 is 6.08 Å². The Morgan fingerprint density at radius 1 is 1.04 bits per heavy atom. The minimum Gasteiger partial charge on any atom is -0.206 e. The molecule has 0 N–H and O–H groups in total. The molecule has 3 heteroatoms. The normalized spacial score (nSPS) is 20.8. The van der Waals surface area contributed by atoms with Crippen molar-refractivity contribution in [1.82, 2.24) is 0 Å². The predicted molar refractivity (Wildman–Crippen MR) is 94.7 cm³/mol. The van der Waals surface area contributed by atoms with Crippen LogP contribution in [0.4, 0.5) is 13.2 Å². The molecule has 0 saturated heterocycles. The molecule has 0 aliphatic heterocycles. The molecule has 1 aliphatic rings. The van der Waals surface area contributed by atoms with Crippen LogP contribution in [0.5, 0.6) is 0 Å². The Hall–Kier alpha value is -1.25. The van der Waals surface area contributed by atoms with E-state index in [9.17, 15) is 13.2 Å². The van der Waals surface area contributed by atoms with Gasteiger partial charge in [-0.25, -0.2) is 4.39 Å². The Labute approximate surface area is 144 Å². The quantitative estimate of drug-likeness (QED) is 0.426. The third-order valence-corrected chi connectivity index (χ3v) is 5.32. The standard InChI is InChI=1S/C21H29F3/c1-2-3-4-5-6-7-16-8-10-17(11-9-16)18-12-13-19(15-21(23)24)20(22)14-18/h12-17H,2-11H2,1H3/t16-,17-. The summed E-state index contributed by atoms with van der Waals surface area (Å²) in [4.78, 5) is 0. The van der Waals surface area contributed by atoms with Gasteiger partial charge in [0.2, 0.25) is 0 Å². The van der Waals surface area contributed by atoms with Crippen molar-refractivity contribution in [3.05, 3.63) is 41.2 Å². The number of benzene rings is 1. The van der Waals surface area contributed by atoms with Crippen molar-refractivity contribution in [3.63, 3.8) is 0 Å². The van der Waals surface area contributed by atoms with Crippen LogP contribution in [0.3, 0.4) is 0 Å². The molecule has 0 nitrogen and oxygen atoms in total. The van der Waals surface area contributed by atoms with Gasteiger partial charge < -0.3 is 0 Å². The second kappa shape index (κ2) is 9.90. The summed E-state index contributed by atoms with van der Waals surface area (Å²) in [6.45, 7) is 2.24. The van der Waals surface area contributed by atoms with E-state index in [1.165, 1.54) is 63.5 Å². The van der Waals surface area contributed by atoms with Gasteiger partial charge in [-0.2, -0.15) is 8.78 Å². The lowest BCUT2D eigenvalue weighted by Crippen LogP contribution is -2.13. The molecule has 1 fully saturated rings. The first-order valence-electron chi connectivity index (χ1n) is 9.42. The Balaban J connectivity index is 1.80. The maximum Gasteiger partial charge on any atom is 0.271 e. The molecule has 0 aromatic heterocycles. The molecule has 2 rings (SSSR count). The van der Waals surface area contributed by atoms with E-state index in [0.29, 0.717) is 12.0 Å². The highest BCUT2D eigenvalue weighted by Gasteiger charge is 2.22. The molecule has 0 amide bonds. The van der Waals surface area contributed by atoms with E-state index in [1.807, 2.05) is 6.07 Å². The number of unbranched alkanes of at least 4 members (excludes halogenated alkanes) is 4. The van der Waals surface area contributed by atoms with Gasteiger partial charge in [0.1, 0.15) is 5.82 Å². The van der Waals surface area contributed by atoms with Crippen LogP contribution < -0.4 is 0 Å². The SMILES string of the molecule is CCCCCCC[C@H]1CC[C@H](c2ccc(C=C(F)F)c(F)c2)CC1. The second-order valence-electron chi connectivity index (χ2n) is 7.14. The molecule has 1 aliphatic carbocycles. The maximum absolute atomic E-state index is 13.9. The van der Waals surface area contributed by atoms with E-state index in [4.69, 9.17) is 0 Å². The Kier molecular flexibility index (Phi) is 7.87. The summed E-state index contributed by atoms with van der Waals surface area (Å²) in [7, 11) is 0. The molecule has 0 radical (unpaired) electrons. The fourth-order valence-electron chi connectivity index (χ4n) is 3.85. The summed E-state index contributed by atoms with van der Waals surface area (Å²) in [5.41, 5.74) is 0.935. The first-order chi connectivity index (χ1) is 11.6. The predicted octanol–water partition coefficient (Wildman–Crippen LogP) is 7.70. The van der Waals surface area contributed by atoms with E-state index in [-0.39, 0.29) is 5.56 Å². The van der Waals surface area contributed by atoms with Crippen molar-refractivity contribution in [2.75, 3.05) is 0 Å². The van der Waals surface area contributed by atoms with E-state index in [2.05, 4.69) is 6.92 Å². The zero-order valence-corrected chi connectivity index (χ0v) is 14.7. The van der Waals surface area contributed by atoms with Crippen LogP contribution in [0.1, 0.15) is 88.2 Å². The molecule has 0 unspecified atom stereocenters. The third kappa shape index (κ3) is 5.99. The van der Waals surface area contributed by atoms with Gasteiger partial charge in [-0.1, -0.05) is 57.6 Å². The highest BCUT2D eigenvalue weighted by Crippen LogP contribution is 2.38. The first kappa shape index (κ1) is 19.1. The largest absolute Gasteiger partial charge is 0.271 e. The van der Waals surface area contributed by atoms with E-state index >= 15 is 0 Å². The lowest BCUT2D eigenvalue weighted by atomic mass is 9.77. The Morgan fingerprint density at radius 3 is 2.38 bits per heavy atom. The van der Waals surface area contributed by atoms with Gasteiger partial charge in [-0.05, 0) is 49.1 Å². The molecular formula is C21H29F3. The van der Waals surface area contributed by atoms with Crippen LogP contribution in [0.2, 0.25) is 0 Å². The topological polar surface area (TPSA) is 0 Å². The maximum atomic E-state index is 13.9. The van der Waals surface area contributed by atoms with Crippen LogP contribution in [-0.4, -0.2) is 0 Å². The van der Waals surface area contributed by atoms with E-state index in [1.54, 1.807) is 0 Å². The van der Waals surface area contributed by atoms with Gasteiger partial charge in [0, 0.05) is 11.6 Å². The van der Waals surface area contributed by atoms with E-state index < -0.39 is 11.9 Å². The minimum absolute atomic E-state index is 0.0282. The van der Waals surface area contributed by atoms with Crippen molar-refractivity contribution < 1.29 is 13.2 Å². The lowest BCUT2D eigenvalue weighted by Gasteiger charge is -2.29. The molecule has 0 heterocycles. The average Bonchev–Trinajstić information content (AvgIpc) is 2.57. The highest BCUT2D eigenvalue weighted by atomic mass is 19.3. The van der Waals surface area contributed by atoms with E-state index in [0.717, 1.165) is 24.3 Å². The van der Waals surface area contributed by atoms with Gasteiger partial charge in [0.05, 0.1) is 0 Å². The third-order valence-electron chi connectivity index (χ3n) is 5.32. The fourth-order valence-corrected chi connectivity index (χ4v) is 3.85. The van der Waals surface area contributed by atoms with Gasteiger partial charge in [-0.3, -0.25) is 0 Å². The summed E-state index contributed by atoms with van der Waals surface area (Å²) in [6.07, 6.45) is 11.3. The molecule has 1 aromatic rings. The second-order valence-corrected chi connectivity index (χ2v) is 7.14. The molecule has 0 atom stereocenters. The van der Waals surface area contributed by atoms with Crippen LogP contribution >= 0.6 is 0 Å². The highest BCUT2D eigenvalue weighted by molar-refractivity contribution is 5.51. The van der Waals surface area contributed by atoms with Gasteiger partial charge in [0.15, 0.2) is 0 Å². The van der Waals surface area contributed by atoms with Gasteiger partial charge in [-0.15, -0.1) is 0 Å². The summed E-state index contributed by atoms with van der Waals surface area (Å²) < 4.78 is 38.5. The molecule has 1 saturated carbocycles. The smallest absolute Gasteiger partial charge is 0.206 e. The zero-order chi connectivity index (χ0) is 17.4. The summed E-state index contributed by atoms with van der Waals surface area (Å²) in [6, 6.07) is 4.74.